The summed E-state index contributed by atoms with van der Waals surface area (Å²) in [5.41, 5.74) is 5.60. The Morgan fingerprint density at radius 1 is 1.24 bits per heavy atom. The Morgan fingerprint density at radius 3 is 2.83 bits per heavy atom. The molecule has 0 N–H and O–H groups in total. The van der Waals surface area contributed by atoms with Crippen LogP contribution in [-0.2, 0) is 16.1 Å². The summed E-state index contributed by atoms with van der Waals surface area (Å²) in [7, 11) is 1.34. The molecular weight excluding hydrogens is 368 g/mol. The molecule has 4 aliphatic rings. The average molecular weight is 392 g/mol. The number of rotatable bonds is 4. The molecule has 1 aromatic rings. The van der Waals surface area contributed by atoms with Crippen LogP contribution in [0, 0.1) is 5.92 Å². The number of carbonyl (C=O) groups excluding carboxylic acids is 2. The maximum atomic E-state index is 13.0. The lowest BCUT2D eigenvalue weighted by Crippen LogP contribution is -2.40. The molecule has 0 saturated heterocycles. The second-order valence-electron chi connectivity index (χ2n) is 8.15. The van der Waals surface area contributed by atoms with Crippen molar-refractivity contribution >= 4 is 23.3 Å². The third-order valence-electron chi connectivity index (χ3n) is 6.38. The van der Waals surface area contributed by atoms with E-state index in [4.69, 9.17) is 9.84 Å². The van der Waals surface area contributed by atoms with Gasteiger partial charge in [-0.1, -0.05) is 6.42 Å². The van der Waals surface area contributed by atoms with E-state index in [9.17, 15) is 9.59 Å². The summed E-state index contributed by atoms with van der Waals surface area (Å²) in [5.74, 6) is -0.136. The molecule has 7 heteroatoms. The van der Waals surface area contributed by atoms with Crippen LogP contribution in [0.3, 0.4) is 0 Å². The Kier molecular flexibility index (Phi) is 4.53. The van der Waals surface area contributed by atoms with Crippen LogP contribution in [0.5, 0.6) is 0 Å². The number of hydrogen-bond acceptors (Lipinski definition) is 6. The molecule has 0 spiro atoms. The number of aliphatic imine (C=N–C) groups is 1. The number of ether oxygens (including phenoxy) is 1. The molecule has 0 aromatic carbocycles. The van der Waals surface area contributed by atoms with Crippen LogP contribution in [0.2, 0.25) is 0 Å². The number of aromatic nitrogens is 1. The molecule has 2 fully saturated rings. The van der Waals surface area contributed by atoms with Gasteiger partial charge in [0.25, 0.3) is 5.91 Å². The van der Waals surface area contributed by atoms with Crippen molar-refractivity contribution in [2.75, 3.05) is 7.11 Å². The molecule has 1 unspecified atom stereocenters. The van der Waals surface area contributed by atoms with Gasteiger partial charge < -0.3 is 4.74 Å². The number of dihydropyridines is 1. The molecule has 5 rings (SSSR count). The molecule has 1 atom stereocenters. The standard InChI is InChI=1S/C22H24N4O3/c1-29-22(28)17-11-13(9-10-23-17)12-26-20-18(19(25-26)14-5-4-6-14)15-7-2-3-8-16(15)24-21(20)27/h9-11,14,20H,2-8,12H2,1H3. The number of carbonyl (C=O) groups is 2. The summed E-state index contributed by atoms with van der Waals surface area (Å²) >= 11 is 0. The van der Waals surface area contributed by atoms with Crippen LogP contribution in [0.1, 0.15) is 61.0 Å². The number of hydrazone groups is 1. The van der Waals surface area contributed by atoms with Gasteiger partial charge in [0.2, 0.25) is 0 Å². The van der Waals surface area contributed by atoms with Gasteiger partial charge >= 0.3 is 5.97 Å². The fraction of sp³-hybridized carbons (Fsp3) is 0.500. The molecule has 2 aliphatic carbocycles. The van der Waals surface area contributed by atoms with Gasteiger partial charge in [0, 0.05) is 23.4 Å². The number of methoxy groups -OCH3 is 1. The Labute approximate surface area is 169 Å². The third kappa shape index (κ3) is 3.09. The minimum atomic E-state index is -0.472. The highest BCUT2D eigenvalue weighted by Gasteiger charge is 2.46. The number of fused-ring (bicyclic) bond motifs is 2. The molecule has 1 aromatic heterocycles. The molecule has 2 saturated carbocycles. The van der Waals surface area contributed by atoms with Crippen molar-refractivity contribution < 1.29 is 14.3 Å². The summed E-state index contributed by atoms with van der Waals surface area (Å²) in [5, 5.41) is 6.81. The molecule has 29 heavy (non-hydrogen) atoms. The van der Waals surface area contributed by atoms with Crippen molar-refractivity contribution in [2.45, 2.75) is 57.5 Å². The SMILES string of the molecule is COC(=O)c1cc(CN2N=C(C3CCC3)C3=C4CCCCC4=NC(=O)C32)ccn1. The van der Waals surface area contributed by atoms with Gasteiger partial charge in [0.1, 0.15) is 5.69 Å². The van der Waals surface area contributed by atoms with Gasteiger partial charge in [0.15, 0.2) is 6.04 Å². The van der Waals surface area contributed by atoms with Crippen LogP contribution in [0.15, 0.2) is 39.6 Å². The highest BCUT2D eigenvalue weighted by molar-refractivity contribution is 6.22. The Hall–Kier alpha value is -2.83. The number of allylic oxidation sites excluding steroid dienone is 1. The highest BCUT2D eigenvalue weighted by Crippen LogP contribution is 2.42. The highest BCUT2D eigenvalue weighted by atomic mass is 16.5. The predicted octanol–water partition coefficient (Wildman–Crippen LogP) is 3.06. The van der Waals surface area contributed by atoms with Crippen LogP contribution >= 0.6 is 0 Å². The summed E-state index contributed by atoms with van der Waals surface area (Å²) < 4.78 is 4.77. The maximum Gasteiger partial charge on any atom is 0.356 e. The first-order chi connectivity index (χ1) is 14.2. The van der Waals surface area contributed by atoms with Gasteiger partial charge in [0.05, 0.1) is 19.4 Å². The lowest BCUT2D eigenvalue weighted by Gasteiger charge is -2.32. The van der Waals surface area contributed by atoms with Gasteiger partial charge in [-0.15, -0.1) is 0 Å². The summed E-state index contributed by atoms with van der Waals surface area (Å²) in [6.45, 7) is 0.431. The first-order valence-electron chi connectivity index (χ1n) is 10.4. The zero-order valence-electron chi connectivity index (χ0n) is 16.6. The Balaban J connectivity index is 1.51. The van der Waals surface area contributed by atoms with Crippen molar-refractivity contribution in [3.63, 3.8) is 0 Å². The maximum absolute atomic E-state index is 13.0. The van der Waals surface area contributed by atoms with E-state index in [0.717, 1.165) is 61.1 Å². The van der Waals surface area contributed by atoms with Crippen LogP contribution in [-0.4, -0.2) is 46.4 Å². The Morgan fingerprint density at radius 2 is 2.07 bits per heavy atom. The smallest absolute Gasteiger partial charge is 0.356 e. The molecular formula is C22H24N4O3. The first-order valence-corrected chi connectivity index (χ1v) is 10.4. The molecule has 2 aliphatic heterocycles. The van der Waals surface area contributed by atoms with Gasteiger partial charge in [-0.3, -0.25) is 9.80 Å². The third-order valence-corrected chi connectivity index (χ3v) is 6.38. The molecule has 3 heterocycles. The normalized spacial score (nSPS) is 23.8. The number of pyridine rings is 1. The molecule has 7 nitrogen and oxygen atoms in total. The number of nitrogens with zero attached hydrogens (tertiary/aromatic N) is 4. The molecule has 0 radical (unpaired) electrons. The zero-order valence-corrected chi connectivity index (χ0v) is 16.6. The molecule has 1 amide bonds. The van der Waals surface area contributed by atoms with Crippen molar-refractivity contribution in [1.82, 2.24) is 9.99 Å². The van der Waals surface area contributed by atoms with E-state index >= 15 is 0 Å². The summed E-state index contributed by atoms with van der Waals surface area (Å²) in [4.78, 5) is 33.4. The van der Waals surface area contributed by atoms with E-state index in [2.05, 4.69) is 9.98 Å². The minimum Gasteiger partial charge on any atom is -0.464 e. The number of esters is 1. The van der Waals surface area contributed by atoms with Crippen LogP contribution < -0.4 is 0 Å². The van der Waals surface area contributed by atoms with Crippen molar-refractivity contribution in [3.05, 3.63) is 40.7 Å². The average Bonchev–Trinajstić information content (AvgIpc) is 3.06. The van der Waals surface area contributed by atoms with E-state index in [0.29, 0.717) is 12.5 Å². The molecule has 150 valence electrons. The topological polar surface area (TPSA) is 84.2 Å². The largest absolute Gasteiger partial charge is 0.464 e. The van der Waals surface area contributed by atoms with E-state index in [1.54, 1.807) is 12.3 Å². The number of amides is 1. The van der Waals surface area contributed by atoms with Crippen LogP contribution in [0.25, 0.3) is 0 Å². The van der Waals surface area contributed by atoms with Gasteiger partial charge in [-0.25, -0.2) is 14.8 Å². The van der Waals surface area contributed by atoms with E-state index in [1.807, 2.05) is 11.1 Å². The predicted molar refractivity (Wildman–Crippen MR) is 108 cm³/mol. The second kappa shape index (κ2) is 7.21. The monoisotopic (exact) mass is 392 g/mol. The summed E-state index contributed by atoms with van der Waals surface area (Å²) in [6, 6.07) is 3.12. The van der Waals surface area contributed by atoms with Gasteiger partial charge in [-0.05, 0) is 61.8 Å². The van der Waals surface area contributed by atoms with E-state index in [-0.39, 0.29) is 11.6 Å². The van der Waals surface area contributed by atoms with E-state index < -0.39 is 12.0 Å². The Bertz CT molecular complexity index is 974. The first kappa shape index (κ1) is 18.2. The van der Waals surface area contributed by atoms with Crippen molar-refractivity contribution in [3.8, 4) is 0 Å². The van der Waals surface area contributed by atoms with Crippen molar-refractivity contribution in [2.24, 2.45) is 16.0 Å². The van der Waals surface area contributed by atoms with E-state index in [1.165, 1.54) is 19.1 Å². The lowest BCUT2D eigenvalue weighted by atomic mass is 9.74. The molecule has 0 bridgehead atoms. The second-order valence-corrected chi connectivity index (χ2v) is 8.15. The zero-order chi connectivity index (χ0) is 20.0. The fourth-order valence-electron chi connectivity index (χ4n) is 4.69. The van der Waals surface area contributed by atoms with Crippen molar-refractivity contribution in [1.29, 1.82) is 0 Å². The number of hydrogen-bond donors (Lipinski definition) is 0. The fourth-order valence-corrected chi connectivity index (χ4v) is 4.69. The quantitative estimate of drug-likeness (QED) is 0.736. The summed E-state index contributed by atoms with van der Waals surface area (Å²) in [6.07, 6.45) is 9.20. The minimum absolute atomic E-state index is 0.110. The van der Waals surface area contributed by atoms with Gasteiger partial charge in [-0.2, -0.15) is 5.10 Å². The van der Waals surface area contributed by atoms with Crippen LogP contribution in [0.4, 0.5) is 0 Å². The lowest BCUT2D eigenvalue weighted by molar-refractivity contribution is -0.121.